The number of hydrogen-bond donors (Lipinski definition) is 1. The van der Waals surface area contributed by atoms with Crippen LogP contribution in [-0.2, 0) is 11.3 Å². The van der Waals surface area contributed by atoms with Crippen LogP contribution in [0.3, 0.4) is 0 Å². The number of likely N-dealkylation sites (tertiary alicyclic amines) is 1. The summed E-state index contributed by atoms with van der Waals surface area (Å²) in [7, 11) is 0. The van der Waals surface area contributed by atoms with Crippen molar-refractivity contribution >= 4 is 5.97 Å². The van der Waals surface area contributed by atoms with Crippen LogP contribution >= 0.6 is 0 Å². The number of carboxylic acids is 1. The normalized spacial score (nSPS) is 19.7. The molecule has 1 aliphatic heterocycles. The predicted molar refractivity (Wildman–Crippen MR) is 82.5 cm³/mol. The zero-order chi connectivity index (χ0) is 15.2. The van der Waals surface area contributed by atoms with Gasteiger partial charge in [-0.05, 0) is 43.0 Å². The number of carbonyl (C=O) groups is 1. The van der Waals surface area contributed by atoms with Gasteiger partial charge < -0.3 is 9.84 Å². The number of hydrogen-bond acceptors (Lipinski definition) is 3. The number of piperidine rings is 1. The van der Waals surface area contributed by atoms with Gasteiger partial charge in [0.2, 0.25) is 0 Å². The Bertz CT molecular complexity index is 473. The van der Waals surface area contributed by atoms with Crippen molar-refractivity contribution in [2.75, 3.05) is 13.2 Å². The molecule has 1 heterocycles. The van der Waals surface area contributed by atoms with Gasteiger partial charge in [0.05, 0.1) is 6.61 Å². The molecule has 0 saturated carbocycles. The summed E-state index contributed by atoms with van der Waals surface area (Å²) in [6, 6.07) is 7.65. The molecule has 1 saturated heterocycles. The minimum Gasteiger partial charge on any atom is -0.493 e. The maximum Gasteiger partial charge on any atom is 0.320 e. The predicted octanol–water partition coefficient (Wildman–Crippen LogP) is 3.16. The molecule has 116 valence electrons. The van der Waals surface area contributed by atoms with Crippen LogP contribution in [0.1, 0.15) is 38.7 Å². The molecule has 21 heavy (non-hydrogen) atoms. The van der Waals surface area contributed by atoms with Crippen LogP contribution in [0.5, 0.6) is 5.75 Å². The lowest BCUT2D eigenvalue weighted by Crippen LogP contribution is -2.43. The number of nitrogens with zero attached hydrogens (tertiary/aromatic N) is 1. The third-order valence-corrected chi connectivity index (χ3v) is 3.77. The van der Waals surface area contributed by atoms with Crippen molar-refractivity contribution in [3.05, 3.63) is 29.8 Å². The van der Waals surface area contributed by atoms with Crippen LogP contribution in [0.2, 0.25) is 0 Å². The van der Waals surface area contributed by atoms with E-state index in [1.165, 1.54) is 0 Å². The molecule has 4 nitrogen and oxygen atoms in total. The van der Waals surface area contributed by atoms with Crippen molar-refractivity contribution in [3.8, 4) is 5.75 Å². The Morgan fingerprint density at radius 1 is 1.43 bits per heavy atom. The molecule has 0 aromatic heterocycles. The Morgan fingerprint density at radius 2 is 2.24 bits per heavy atom. The van der Waals surface area contributed by atoms with Crippen molar-refractivity contribution in [1.82, 2.24) is 4.90 Å². The van der Waals surface area contributed by atoms with Gasteiger partial charge in [-0.3, -0.25) is 9.69 Å². The molecule has 1 aromatic rings. The highest BCUT2D eigenvalue weighted by atomic mass is 16.5. The van der Waals surface area contributed by atoms with Gasteiger partial charge in [0.15, 0.2) is 0 Å². The molecule has 0 bridgehead atoms. The summed E-state index contributed by atoms with van der Waals surface area (Å²) >= 11 is 0. The highest BCUT2D eigenvalue weighted by Crippen LogP contribution is 2.22. The fourth-order valence-corrected chi connectivity index (χ4v) is 2.69. The highest BCUT2D eigenvalue weighted by molar-refractivity contribution is 5.73. The maximum absolute atomic E-state index is 11.3. The van der Waals surface area contributed by atoms with Crippen molar-refractivity contribution in [2.24, 2.45) is 5.92 Å². The standard InChI is InChI=1S/C17H25NO3/c1-13(2)12-21-15-7-5-6-14(10-15)11-18-9-4-3-8-16(18)17(19)20/h5-7,10,13,16H,3-4,8-9,11-12H2,1-2H3,(H,19,20). The summed E-state index contributed by atoms with van der Waals surface area (Å²) < 4.78 is 5.74. The minimum atomic E-state index is -0.707. The van der Waals surface area contributed by atoms with E-state index in [-0.39, 0.29) is 6.04 Å². The van der Waals surface area contributed by atoms with Crippen molar-refractivity contribution in [3.63, 3.8) is 0 Å². The van der Waals surface area contributed by atoms with Gasteiger partial charge in [-0.1, -0.05) is 32.4 Å². The lowest BCUT2D eigenvalue weighted by atomic mass is 10.0. The molecular formula is C17H25NO3. The van der Waals surface area contributed by atoms with Crippen molar-refractivity contribution in [2.45, 2.75) is 45.7 Å². The molecule has 4 heteroatoms. The van der Waals surface area contributed by atoms with E-state index in [0.717, 1.165) is 37.1 Å². The Morgan fingerprint density at radius 3 is 2.95 bits per heavy atom. The lowest BCUT2D eigenvalue weighted by molar-refractivity contribution is -0.144. The second-order valence-corrected chi connectivity index (χ2v) is 6.17. The molecule has 0 spiro atoms. The Kier molecular flexibility index (Phi) is 5.62. The zero-order valence-corrected chi connectivity index (χ0v) is 12.9. The van der Waals surface area contributed by atoms with E-state index in [4.69, 9.17) is 4.74 Å². The summed E-state index contributed by atoms with van der Waals surface area (Å²) in [6.07, 6.45) is 2.83. The highest BCUT2D eigenvalue weighted by Gasteiger charge is 2.28. The van der Waals surface area contributed by atoms with Gasteiger partial charge in [-0.2, -0.15) is 0 Å². The molecule has 0 aliphatic carbocycles. The fraction of sp³-hybridized carbons (Fsp3) is 0.588. The summed E-state index contributed by atoms with van der Waals surface area (Å²) in [5.74, 6) is 0.652. The fourth-order valence-electron chi connectivity index (χ4n) is 2.69. The molecule has 1 unspecified atom stereocenters. The quantitative estimate of drug-likeness (QED) is 0.874. The molecule has 0 amide bonds. The maximum atomic E-state index is 11.3. The topological polar surface area (TPSA) is 49.8 Å². The first-order valence-electron chi connectivity index (χ1n) is 7.75. The van der Waals surface area contributed by atoms with E-state index in [0.29, 0.717) is 19.1 Å². The van der Waals surface area contributed by atoms with Crippen LogP contribution in [0.15, 0.2) is 24.3 Å². The zero-order valence-electron chi connectivity index (χ0n) is 12.9. The van der Waals surface area contributed by atoms with E-state index in [2.05, 4.69) is 18.7 Å². The average Bonchev–Trinajstić information content (AvgIpc) is 2.46. The number of carboxylic acid groups (broad SMARTS) is 1. The van der Waals surface area contributed by atoms with E-state index in [1.807, 2.05) is 24.3 Å². The molecule has 1 fully saturated rings. The van der Waals surface area contributed by atoms with Crippen LogP contribution in [0, 0.1) is 5.92 Å². The van der Waals surface area contributed by atoms with Crippen LogP contribution in [0.4, 0.5) is 0 Å². The Hall–Kier alpha value is -1.55. The van der Waals surface area contributed by atoms with Crippen LogP contribution in [0.25, 0.3) is 0 Å². The van der Waals surface area contributed by atoms with Gasteiger partial charge in [-0.25, -0.2) is 0 Å². The monoisotopic (exact) mass is 291 g/mol. The Balaban J connectivity index is 2.01. The molecule has 1 N–H and O–H groups in total. The molecule has 0 radical (unpaired) electrons. The second kappa shape index (κ2) is 7.46. The van der Waals surface area contributed by atoms with E-state index >= 15 is 0 Å². The van der Waals surface area contributed by atoms with Gasteiger partial charge in [0.1, 0.15) is 11.8 Å². The summed E-state index contributed by atoms with van der Waals surface area (Å²) in [4.78, 5) is 13.4. The lowest BCUT2D eigenvalue weighted by Gasteiger charge is -2.32. The average molecular weight is 291 g/mol. The number of benzene rings is 1. The van der Waals surface area contributed by atoms with E-state index < -0.39 is 5.97 Å². The summed E-state index contributed by atoms with van der Waals surface area (Å²) in [6.45, 7) is 6.47. The van der Waals surface area contributed by atoms with Crippen molar-refractivity contribution < 1.29 is 14.6 Å². The summed E-state index contributed by atoms with van der Waals surface area (Å²) in [5.41, 5.74) is 1.12. The molecule has 1 atom stereocenters. The molecule has 1 aliphatic rings. The first kappa shape index (κ1) is 15.8. The number of aliphatic carboxylic acids is 1. The van der Waals surface area contributed by atoms with Gasteiger partial charge >= 0.3 is 5.97 Å². The van der Waals surface area contributed by atoms with Gasteiger partial charge in [-0.15, -0.1) is 0 Å². The van der Waals surface area contributed by atoms with Gasteiger partial charge in [0, 0.05) is 6.54 Å². The smallest absolute Gasteiger partial charge is 0.320 e. The number of rotatable bonds is 6. The Labute approximate surface area is 126 Å². The SMILES string of the molecule is CC(C)COc1cccc(CN2CCCCC2C(=O)O)c1. The van der Waals surface area contributed by atoms with E-state index in [9.17, 15) is 9.90 Å². The summed E-state index contributed by atoms with van der Waals surface area (Å²) in [5, 5.41) is 9.32. The van der Waals surface area contributed by atoms with Gasteiger partial charge in [0.25, 0.3) is 0 Å². The molecular weight excluding hydrogens is 266 g/mol. The third-order valence-electron chi connectivity index (χ3n) is 3.77. The largest absolute Gasteiger partial charge is 0.493 e. The first-order valence-corrected chi connectivity index (χ1v) is 7.75. The van der Waals surface area contributed by atoms with E-state index in [1.54, 1.807) is 0 Å². The first-order chi connectivity index (χ1) is 10.1. The number of ether oxygens (including phenoxy) is 1. The van der Waals surface area contributed by atoms with Crippen LogP contribution < -0.4 is 4.74 Å². The molecule has 2 rings (SSSR count). The van der Waals surface area contributed by atoms with Crippen molar-refractivity contribution in [1.29, 1.82) is 0 Å². The van der Waals surface area contributed by atoms with Crippen LogP contribution in [-0.4, -0.2) is 35.2 Å². The minimum absolute atomic E-state index is 0.348. The third kappa shape index (κ3) is 4.74. The second-order valence-electron chi connectivity index (χ2n) is 6.17. The molecule has 1 aromatic carbocycles.